The number of hydrogen-bond acceptors (Lipinski definition) is 13. The Morgan fingerprint density at radius 1 is 1.30 bits per heavy atom. The van der Waals surface area contributed by atoms with E-state index in [4.69, 9.17) is 21.6 Å². The highest BCUT2D eigenvalue weighted by atomic mass is 32.2. The SMILES string of the molecule is N=C(N)N1CC[C@@H](N2CC/C(=C\C3=C(OC(=O)O)N4C(=O)[C@@H](NC(=O)/C(=N\O)c5nsc(N)n5)[C@H]4SC3)C2=O)C1. The summed E-state index contributed by atoms with van der Waals surface area (Å²) in [5.41, 5.74) is 11.3. The van der Waals surface area contributed by atoms with Gasteiger partial charge in [-0.2, -0.15) is 9.36 Å². The van der Waals surface area contributed by atoms with Crippen LogP contribution in [0.15, 0.2) is 28.3 Å². The minimum absolute atomic E-state index is 0.0441. The van der Waals surface area contributed by atoms with E-state index in [9.17, 15) is 29.5 Å². The molecule has 0 radical (unpaired) electrons. The van der Waals surface area contributed by atoms with Crippen molar-refractivity contribution < 1.29 is 34.2 Å². The standard InChI is InChI=1S/C21H24N10O7S2/c22-19(23)29-3-2-10(6-29)30-4-1-8(15(30)33)5-9-7-39-18-12(16(34)31(18)17(9)38-21(35)36)25-14(32)11(27-37)13-26-20(24)40-28-13/h5,10,12,18,37H,1-4,6-7H2,(H3,22,23)(H,25,32)(H,35,36)(H2,24,26,28)/b8-5+,27-11-/t10-,12-,18-/m1/s1. The number of anilines is 1. The number of rotatable bonds is 6. The van der Waals surface area contributed by atoms with E-state index in [2.05, 4.69) is 19.8 Å². The topological polar surface area (TPSA) is 254 Å². The first-order chi connectivity index (χ1) is 19.1. The van der Waals surface area contributed by atoms with Crippen LogP contribution in [0.2, 0.25) is 0 Å². The van der Waals surface area contributed by atoms with Crippen LogP contribution in [0.4, 0.5) is 9.93 Å². The van der Waals surface area contributed by atoms with Crippen molar-refractivity contribution >= 4 is 64.0 Å². The van der Waals surface area contributed by atoms with Gasteiger partial charge in [0, 0.05) is 48.1 Å². The second-order valence-electron chi connectivity index (χ2n) is 9.16. The molecule has 8 N–H and O–H groups in total. The van der Waals surface area contributed by atoms with Crippen LogP contribution in [-0.4, -0.2) is 113 Å². The van der Waals surface area contributed by atoms with Gasteiger partial charge in [0.2, 0.25) is 23.3 Å². The number of β-lactam (4-membered cyclic amide) rings is 1. The summed E-state index contributed by atoms with van der Waals surface area (Å²) in [6.07, 6.45) is 0.998. The smallest absolute Gasteiger partial charge is 0.449 e. The molecule has 3 fully saturated rings. The van der Waals surface area contributed by atoms with E-state index in [0.717, 1.165) is 16.4 Å². The van der Waals surface area contributed by atoms with Gasteiger partial charge < -0.3 is 41.6 Å². The molecule has 1 aromatic rings. The molecule has 3 saturated heterocycles. The van der Waals surface area contributed by atoms with Crippen molar-refractivity contribution in [3.63, 3.8) is 0 Å². The lowest BCUT2D eigenvalue weighted by Crippen LogP contribution is -2.70. The summed E-state index contributed by atoms with van der Waals surface area (Å²) in [6.45, 7) is 1.51. The van der Waals surface area contributed by atoms with Crippen LogP contribution in [0.25, 0.3) is 0 Å². The minimum atomic E-state index is -1.65. The van der Waals surface area contributed by atoms with Gasteiger partial charge in [-0.3, -0.25) is 24.7 Å². The van der Waals surface area contributed by atoms with E-state index in [1.54, 1.807) is 15.9 Å². The van der Waals surface area contributed by atoms with Crippen LogP contribution < -0.4 is 16.8 Å². The zero-order valence-electron chi connectivity index (χ0n) is 20.6. The van der Waals surface area contributed by atoms with E-state index >= 15 is 0 Å². The van der Waals surface area contributed by atoms with Gasteiger partial charge in [-0.25, -0.2) is 4.79 Å². The number of aromatic nitrogens is 2. The van der Waals surface area contributed by atoms with Crippen molar-refractivity contribution in [1.29, 1.82) is 5.41 Å². The van der Waals surface area contributed by atoms with Crippen molar-refractivity contribution in [2.24, 2.45) is 10.9 Å². The molecule has 212 valence electrons. The Hall–Kier alpha value is -4.39. The summed E-state index contributed by atoms with van der Waals surface area (Å²) in [5.74, 6) is -2.10. The molecule has 0 unspecified atom stereocenters. The maximum atomic E-state index is 13.2. The monoisotopic (exact) mass is 592 g/mol. The predicted molar refractivity (Wildman–Crippen MR) is 140 cm³/mol. The highest BCUT2D eigenvalue weighted by molar-refractivity contribution is 8.00. The Bertz CT molecular complexity index is 1390. The fourth-order valence-electron chi connectivity index (χ4n) is 4.95. The Balaban J connectivity index is 1.32. The fraction of sp³-hybridized carbons (Fsp3) is 0.429. The van der Waals surface area contributed by atoms with E-state index in [0.29, 0.717) is 43.6 Å². The van der Waals surface area contributed by atoms with Gasteiger partial charge in [-0.15, -0.1) is 11.8 Å². The number of guanidine groups is 1. The van der Waals surface area contributed by atoms with Crippen LogP contribution in [0.1, 0.15) is 18.7 Å². The summed E-state index contributed by atoms with van der Waals surface area (Å²) >= 11 is 2.02. The number of nitrogen functional groups attached to an aromatic ring is 1. The number of carboxylic acid groups (broad SMARTS) is 1. The van der Waals surface area contributed by atoms with E-state index in [1.165, 1.54) is 11.8 Å². The third-order valence-electron chi connectivity index (χ3n) is 6.84. The number of oxime groups is 1. The molecule has 0 aliphatic carbocycles. The van der Waals surface area contributed by atoms with Gasteiger partial charge in [0.05, 0.1) is 6.04 Å². The van der Waals surface area contributed by atoms with Crippen molar-refractivity contribution in [3.05, 3.63) is 28.9 Å². The number of nitrogens with two attached hydrogens (primary N) is 2. The Kier molecular flexibility index (Phi) is 7.23. The predicted octanol–water partition coefficient (Wildman–Crippen LogP) is -1.27. The first-order valence-electron chi connectivity index (χ1n) is 11.9. The maximum absolute atomic E-state index is 13.2. The molecular formula is C21H24N10O7S2. The molecule has 5 heterocycles. The summed E-state index contributed by atoms with van der Waals surface area (Å²) < 4.78 is 8.80. The lowest BCUT2D eigenvalue weighted by atomic mass is 10.0. The molecule has 0 spiro atoms. The molecule has 1 aromatic heterocycles. The summed E-state index contributed by atoms with van der Waals surface area (Å²) in [6, 6.07) is -1.18. The molecule has 40 heavy (non-hydrogen) atoms. The number of carbonyl (C=O) groups is 4. The number of allylic oxidation sites excluding steroid dienone is 1. The molecule has 4 aliphatic heterocycles. The molecule has 3 amide bonds. The van der Waals surface area contributed by atoms with Crippen LogP contribution in [0, 0.1) is 5.41 Å². The molecule has 0 aromatic carbocycles. The summed E-state index contributed by atoms with van der Waals surface area (Å²) in [4.78, 5) is 58.7. The van der Waals surface area contributed by atoms with Gasteiger partial charge in [0.15, 0.2) is 11.1 Å². The average Bonchev–Trinajstić information content (AvgIpc) is 3.64. The molecular weight excluding hydrogens is 568 g/mol. The number of nitrogens with zero attached hydrogens (tertiary/aromatic N) is 6. The van der Waals surface area contributed by atoms with E-state index in [-0.39, 0.29) is 40.5 Å². The molecule has 0 bridgehead atoms. The van der Waals surface area contributed by atoms with Gasteiger partial charge in [-0.1, -0.05) is 5.16 Å². The number of nitrogens with one attached hydrogen (secondary N) is 2. The molecule has 4 aliphatic rings. The normalized spacial score (nSPS) is 25.8. The zero-order valence-corrected chi connectivity index (χ0v) is 22.3. The average molecular weight is 593 g/mol. The number of carbonyl (C=O) groups excluding carboxylic acids is 3. The van der Waals surface area contributed by atoms with Crippen LogP contribution >= 0.6 is 23.3 Å². The maximum Gasteiger partial charge on any atom is 0.512 e. The number of thioether (sulfide) groups is 1. The lowest BCUT2D eigenvalue weighted by Gasteiger charge is -2.48. The number of likely N-dealkylation sites (tertiary alicyclic amines) is 2. The van der Waals surface area contributed by atoms with E-state index in [1.807, 2.05) is 0 Å². The Morgan fingerprint density at radius 3 is 2.70 bits per heavy atom. The van der Waals surface area contributed by atoms with Crippen molar-refractivity contribution in [1.82, 2.24) is 29.4 Å². The highest BCUT2D eigenvalue weighted by Crippen LogP contribution is 2.42. The van der Waals surface area contributed by atoms with Gasteiger partial charge in [0.25, 0.3) is 11.8 Å². The van der Waals surface area contributed by atoms with Crippen molar-refractivity contribution in [2.45, 2.75) is 30.3 Å². The number of ether oxygens (including phenoxy) is 1. The highest BCUT2D eigenvalue weighted by Gasteiger charge is 2.54. The molecule has 3 atom stereocenters. The lowest BCUT2D eigenvalue weighted by molar-refractivity contribution is -0.148. The summed E-state index contributed by atoms with van der Waals surface area (Å²) in [5, 5.41) is 30.9. The van der Waals surface area contributed by atoms with Crippen LogP contribution in [-0.2, 0) is 19.1 Å². The minimum Gasteiger partial charge on any atom is -0.449 e. The Labute approximate surface area is 234 Å². The van der Waals surface area contributed by atoms with E-state index < -0.39 is 35.1 Å². The second kappa shape index (κ2) is 10.6. The van der Waals surface area contributed by atoms with Gasteiger partial charge in [0.1, 0.15) is 11.4 Å². The fourth-order valence-corrected chi connectivity index (χ4v) is 6.67. The molecule has 19 heteroatoms. The zero-order chi connectivity index (χ0) is 28.7. The number of fused-ring (bicyclic) bond motifs is 1. The largest absolute Gasteiger partial charge is 0.512 e. The molecule has 17 nitrogen and oxygen atoms in total. The third kappa shape index (κ3) is 4.88. The van der Waals surface area contributed by atoms with Crippen molar-refractivity contribution in [3.8, 4) is 0 Å². The quantitative estimate of drug-likeness (QED) is 0.0429. The third-order valence-corrected chi connectivity index (χ3v) is 8.68. The van der Waals surface area contributed by atoms with Crippen molar-refractivity contribution in [2.75, 3.05) is 31.1 Å². The van der Waals surface area contributed by atoms with Gasteiger partial charge >= 0.3 is 6.16 Å². The van der Waals surface area contributed by atoms with Gasteiger partial charge in [-0.05, 0) is 18.9 Å². The summed E-state index contributed by atoms with van der Waals surface area (Å²) in [7, 11) is 0. The Morgan fingerprint density at radius 2 is 2.08 bits per heavy atom. The molecule has 0 saturated carbocycles. The molecule has 5 rings (SSSR count). The van der Waals surface area contributed by atoms with Crippen LogP contribution in [0.3, 0.4) is 0 Å². The van der Waals surface area contributed by atoms with Crippen LogP contribution in [0.5, 0.6) is 0 Å². The first kappa shape index (κ1) is 27.2. The number of hydrogen-bond donors (Lipinski definition) is 6. The first-order valence-corrected chi connectivity index (χ1v) is 13.7. The second-order valence-corrected chi connectivity index (χ2v) is 11.0. The number of amides is 3.